The third kappa shape index (κ3) is 3.32. The van der Waals surface area contributed by atoms with E-state index in [0.29, 0.717) is 22.2 Å². The SMILES string of the molecule is CCCCNC(=O)c1sc(N)nc1-c1ccccc1. The second-order valence-corrected chi connectivity index (χ2v) is 5.24. The van der Waals surface area contributed by atoms with E-state index in [1.165, 1.54) is 11.3 Å². The first-order valence-electron chi connectivity index (χ1n) is 6.32. The van der Waals surface area contributed by atoms with Gasteiger partial charge in [-0.25, -0.2) is 4.98 Å². The number of amides is 1. The van der Waals surface area contributed by atoms with Crippen molar-refractivity contribution in [3.8, 4) is 11.3 Å². The van der Waals surface area contributed by atoms with E-state index >= 15 is 0 Å². The van der Waals surface area contributed by atoms with Crippen LogP contribution in [0.1, 0.15) is 29.4 Å². The molecule has 0 bridgehead atoms. The Hall–Kier alpha value is -1.88. The highest BCUT2D eigenvalue weighted by Gasteiger charge is 2.17. The Morgan fingerprint density at radius 1 is 1.37 bits per heavy atom. The number of anilines is 1. The first-order valence-corrected chi connectivity index (χ1v) is 7.14. The Morgan fingerprint density at radius 3 is 2.79 bits per heavy atom. The van der Waals surface area contributed by atoms with E-state index in [2.05, 4.69) is 17.2 Å². The fourth-order valence-corrected chi connectivity index (χ4v) is 2.51. The lowest BCUT2D eigenvalue weighted by Crippen LogP contribution is -2.23. The van der Waals surface area contributed by atoms with Crippen LogP contribution in [-0.4, -0.2) is 17.4 Å². The van der Waals surface area contributed by atoms with Crippen molar-refractivity contribution in [2.45, 2.75) is 19.8 Å². The molecule has 0 atom stereocenters. The van der Waals surface area contributed by atoms with Crippen LogP contribution in [0.4, 0.5) is 5.13 Å². The Balaban J connectivity index is 2.24. The number of thiazole rings is 1. The molecule has 19 heavy (non-hydrogen) atoms. The van der Waals surface area contributed by atoms with Gasteiger partial charge in [-0.1, -0.05) is 55.0 Å². The monoisotopic (exact) mass is 275 g/mol. The van der Waals surface area contributed by atoms with Gasteiger partial charge in [-0.15, -0.1) is 0 Å². The van der Waals surface area contributed by atoms with Crippen LogP contribution in [-0.2, 0) is 0 Å². The van der Waals surface area contributed by atoms with E-state index in [9.17, 15) is 4.79 Å². The standard InChI is InChI=1S/C14H17N3OS/c1-2-3-9-16-13(18)12-11(17-14(15)19-12)10-7-5-4-6-8-10/h4-8H,2-3,9H2,1H3,(H2,15,17)(H,16,18). The number of nitrogens with one attached hydrogen (secondary N) is 1. The lowest BCUT2D eigenvalue weighted by atomic mass is 10.1. The largest absolute Gasteiger partial charge is 0.375 e. The van der Waals surface area contributed by atoms with E-state index in [1.807, 2.05) is 30.3 Å². The second-order valence-electron chi connectivity index (χ2n) is 4.21. The third-order valence-corrected chi connectivity index (χ3v) is 3.60. The number of carbonyl (C=O) groups excluding carboxylic acids is 1. The molecular formula is C14H17N3OS. The molecule has 0 saturated heterocycles. The first kappa shape index (κ1) is 13.5. The quantitative estimate of drug-likeness (QED) is 0.824. The summed E-state index contributed by atoms with van der Waals surface area (Å²) in [6, 6.07) is 9.63. The van der Waals surface area contributed by atoms with Crippen molar-refractivity contribution in [3.05, 3.63) is 35.2 Å². The fourth-order valence-electron chi connectivity index (χ4n) is 1.74. The zero-order valence-electron chi connectivity index (χ0n) is 10.8. The zero-order chi connectivity index (χ0) is 13.7. The molecule has 0 fully saturated rings. The van der Waals surface area contributed by atoms with Crippen molar-refractivity contribution in [1.82, 2.24) is 10.3 Å². The van der Waals surface area contributed by atoms with Gasteiger partial charge in [-0.2, -0.15) is 0 Å². The van der Waals surface area contributed by atoms with Crippen molar-refractivity contribution in [1.29, 1.82) is 0 Å². The number of nitrogens with zero attached hydrogens (tertiary/aromatic N) is 1. The predicted molar refractivity (Wildman–Crippen MR) is 79.2 cm³/mol. The number of unbranched alkanes of at least 4 members (excludes halogenated alkanes) is 1. The van der Waals surface area contributed by atoms with Gasteiger partial charge in [0, 0.05) is 12.1 Å². The molecule has 0 spiro atoms. The molecule has 1 aromatic heterocycles. The van der Waals surface area contributed by atoms with E-state index in [4.69, 9.17) is 5.73 Å². The maximum Gasteiger partial charge on any atom is 0.263 e. The van der Waals surface area contributed by atoms with Crippen LogP contribution >= 0.6 is 11.3 Å². The summed E-state index contributed by atoms with van der Waals surface area (Å²) in [4.78, 5) is 17.0. The number of benzene rings is 1. The van der Waals surface area contributed by atoms with Crippen LogP contribution in [0.3, 0.4) is 0 Å². The number of nitrogens with two attached hydrogens (primary N) is 1. The molecule has 0 saturated carbocycles. The summed E-state index contributed by atoms with van der Waals surface area (Å²) in [5.74, 6) is -0.0958. The maximum absolute atomic E-state index is 12.1. The molecule has 0 aliphatic heterocycles. The minimum absolute atomic E-state index is 0.0958. The van der Waals surface area contributed by atoms with Gasteiger partial charge < -0.3 is 11.1 Å². The van der Waals surface area contributed by atoms with Crippen LogP contribution in [0.25, 0.3) is 11.3 Å². The normalized spacial score (nSPS) is 10.4. The molecule has 3 N–H and O–H groups in total. The van der Waals surface area contributed by atoms with Gasteiger partial charge in [0.1, 0.15) is 4.88 Å². The topological polar surface area (TPSA) is 68.0 Å². The van der Waals surface area contributed by atoms with Gasteiger partial charge in [0.05, 0.1) is 5.69 Å². The van der Waals surface area contributed by atoms with Crippen LogP contribution in [0.2, 0.25) is 0 Å². The molecule has 1 aromatic carbocycles. The van der Waals surface area contributed by atoms with Crippen LogP contribution < -0.4 is 11.1 Å². The van der Waals surface area contributed by atoms with Crippen molar-refractivity contribution in [2.75, 3.05) is 12.3 Å². The van der Waals surface area contributed by atoms with Gasteiger partial charge >= 0.3 is 0 Å². The maximum atomic E-state index is 12.1. The Bertz CT molecular complexity index is 551. The Morgan fingerprint density at radius 2 is 2.11 bits per heavy atom. The van der Waals surface area contributed by atoms with Gasteiger partial charge in [0.15, 0.2) is 5.13 Å². The molecule has 4 nitrogen and oxygen atoms in total. The van der Waals surface area contributed by atoms with E-state index < -0.39 is 0 Å². The fraction of sp³-hybridized carbons (Fsp3) is 0.286. The molecule has 0 unspecified atom stereocenters. The summed E-state index contributed by atoms with van der Waals surface area (Å²) in [5, 5.41) is 3.32. The third-order valence-electron chi connectivity index (χ3n) is 2.71. The average molecular weight is 275 g/mol. The second kappa shape index (κ2) is 6.33. The lowest BCUT2D eigenvalue weighted by molar-refractivity contribution is 0.0957. The summed E-state index contributed by atoms with van der Waals surface area (Å²) in [6.07, 6.45) is 2.03. The highest BCUT2D eigenvalue weighted by atomic mass is 32.1. The Labute approximate surface area is 116 Å². The highest BCUT2D eigenvalue weighted by Crippen LogP contribution is 2.29. The molecule has 1 amide bonds. The van der Waals surface area contributed by atoms with Crippen LogP contribution in [0, 0.1) is 0 Å². The summed E-state index contributed by atoms with van der Waals surface area (Å²) in [5.41, 5.74) is 7.31. The number of aromatic nitrogens is 1. The summed E-state index contributed by atoms with van der Waals surface area (Å²) >= 11 is 1.23. The van der Waals surface area contributed by atoms with E-state index in [-0.39, 0.29) is 5.91 Å². The summed E-state index contributed by atoms with van der Waals surface area (Å²) in [6.45, 7) is 2.77. The molecule has 5 heteroatoms. The van der Waals surface area contributed by atoms with Crippen LogP contribution in [0.15, 0.2) is 30.3 Å². The smallest absolute Gasteiger partial charge is 0.263 e. The van der Waals surface area contributed by atoms with Gasteiger partial charge in [-0.3, -0.25) is 4.79 Å². The molecule has 2 aromatic rings. The molecule has 0 aliphatic carbocycles. The number of nitrogen functional groups attached to an aromatic ring is 1. The molecule has 0 aliphatic rings. The zero-order valence-corrected chi connectivity index (χ0v) is 11.7. The molecule has 2 rings (SSSR count). The summed E-state index contributed by atoms with van der Waals surface area (Å²) < 4.78 is 0. The number of rotatable bonds is 5. The van der Waals surface area contributed by atoms with Crippen molar-refractivity contribution in [3.63, 3.8) is 0 Å². The van der Waals surface area contributed by atoms with Crippen molar-refractivity contribution >= 4 is 22.4 Å². The van der Waals surface area contributed by atoms with Crippen molar-refractivity contribution in [2.24, 2.45) is 0 Å². The number of hydrogen-bond acceptors (Lipinski definition) is 4. The Kier molecular flexibility index (Phi) is 4.52. The van der Waals surface area contributed by atoms with Gasteiger partial charge in [-0.05, 0) is 6.42 Å². The summed E-state index contributed by atoms with van der Waals surface area (Å²) in [7, 11) is 0. The average Bonchev–Trinajstić information content (AvgIpc) is 2.82. The first-order chi connectivity index (χ1) is 9.22. The highest BCUT2D eigenvalue weighted by molar-refractivity contribution is 7.17. The minimum Gasteiger partial charge on any atom is -0.375 e. The van der Waals surface area contributed by atoms with Crippen LogP contribution in [0.5, 0.6) is 0 Å². The van der Waals surface area contributed by atoms with E-state index in [1.54, 1.807) is 0 Å². The van der Waals surface area contributed by atoms with Gasteiger partial charge in [0.25, 0.3) is 5.91 Å². The molecular weight excluding hydrogens is 258 g/mol. The van der Waals surface area contributed by atoms with Crippen molar-refractivity contribution < 1.29 is 4.79 Å². The van der Waals surface area contributed by atoms with Gasteiger partial charge in [0.2, 0.25) is 0 Å². The number of carbonyl (C=O) groups is 1. The number of hydrogen-bond donors (Lipinski definition) is 2. The molecule has 0 radical (unpaired) electrons. The minimum atomic E-state index is -0.0958. The molecule has 100 valence electrons. The lowest BCUT2D eigenvalue weighted by Gasteiger charge is -2.04. The van der Waals surface area contributed by atoms with E-state index in [0.717, 1.165) is 18.4 Å². The predicted octanol–water partition coefficient (Wildman–Crippen LogP) is 2.92. The molecule has 1 heterocycles.